The molecule has 19 heavy (non-hydrogen) atoms. The second kappa shape index (κ2) is 6.61. The van der Waals surface area contributed by atoms with Gasteiger partial charge in [-0.1, -0.05) is 13.8 Å². The van der Waals surface area contributed by atoms with E-state index < -0.39 is 11.7 Å². The molecule has 1 unspecified atom stereocenters. The number of benzene rings is 1. The molecule has 0 heterocycles. The Bertz CT molecular complexity index is 421. The predicted molar refractivity (Wildman–Crippen MR) is 73.3 cm³/mol. The van der Waals surface area contributed by atoms with Gasteiger partial charge in [0.2, 0.25) is 0 Å². The van der Waals surface area contributed by atoms with Crippen molar-refractivity contribution < 1.29 is 17.9 Å². The summed E-state index contributed by atoms with van der Waals surface area (Å²) in [5, 5.41) is 3.09. The first-order valence-electron chi connectivity index (χ1n) is 5.88. The zero-order valence-corrected chi connectivity index (χ0v) is 12.6. The van der Waals surface area contributed by atoms with Crippen molar-refractivity contribution >= 4 is 21.6 Å². The summed E-state index contributed by atoms with van der Waals surface area (Å²) >= 11 is 3.26. The Hall–Kier alpha value is -0.750. The van der Waals surface area contributed by atoms with Crippen LogP contribution in [0.3, 0.4) is 0 Å². The van der Waals surface area contributed by atoms with Gasteiger partial charge in [-0.2, -0.15) is 13.2 Å². The lowest BCUT2D eigenvalue weighted by Crippen LogP contribution is -2.30. The van der Waals surface area contributed by atoms with Crippen molar-refractivity contribution in [2.45, 2.75) is 26.1 Å². The van der Waals surface area contributed by atoms with Crippen LogP contribution >= 0.6 is 15.9 Å². The van der Waals surface area contributed by atoms with Crippen LogP contribution < -0.4 is 5.32 Å². The fraction of sp³-hybridized carbons (Fsp3) is 0.538. The van der Waals surface area contributed by atoms with Gasteiger partial charge in [0.25, 0.3) is 0 Å². The van der Waals surface area contributed by atoms with Crippen LogP contribution in [0.25, 0.3) is 0 Å². The maximum Gasteiger partial charge on any atom is 0.416 e. The van der Waals surface area contributed by atoms with Gasteiger partial charge >= 0.3 is 6.18 Å². The van der Waals surface area contributed by atoms with Crippen LogP contribution in [-0.2, 0) is 10.9 Å². The van der Waals surface area contributed by atoms with Gasteiger partial charge < -0.3 is 10.1 Å². The Kier molecular flexibility index (Phi) is 5.67. The summed E-state index contributed by atoms with van der Waals surface area (Å²) in [7, 11) is 1.57. The Morgan fingerprint density at radius 2 is 1.95 bits per heavy atom. The van der Waals surface area contributed by atoms with Crippen LogP contribution in [0, 0.1) is 5.92 Å². The molecule has 0 bridgehead atoms. The number of hydrogen-bond donors (Lipinski definition) is 1. The van der Waals surface area contributed by atoms with Crippen molar-refractivity contribution in [3.63, 3.8) is 0 Å². The lowest BCUT2D eigenvalue weighted by molar-refractivity contribution is -0.137. The van der Waals surface area contributed by atoms with Gasteiger partial charge in [0.05, 0.1) is 18.2 Å². The topological polar surface area (TPSA) is 21.3 Å². The minimum atomic E-state index is -4.34. The highest BCUT2D eigenvalue weighted by molar-refractivity contribution is 9.10. The molecular weight excluding hydrogens is 323 g/mol. The molecule has 0 fully saturated rings. The molecule has 1 aromatic rings. The summed E-state index contributed by atoms with van der Waals surface area (Å²) < 4.78 is 43.7. The molecule has 0 aliphatic carbocycles. The summed E-state index contributed by atoms with van der Waals surface area (Å²) in [6.07, 6.45) is -4.34. The van der Waals surface area contributed by atoms with E-state index in [9.17, 15) is 13.2 Å². The number of anilines is 1. The molecule has 0 aliphatic rings. The number of rotatable bonds is 5. The Morgan fingerprint density at radius 1 is 1.32 bits per heavy atom. The fourth-order valence-corrected chi connectivity index (χ4v) is 1.95. The molecule has 0 radical (unpaired) electrons. The van der Waals surface area contributed by atoms with Gasteiger partial charge in [0, 0.05) is 17.3 Å². The van der Waals surface area contributed by atoms with Gasteiger partial charge in [-0.25, -0.2) is 0 Å². The molecule has 1 rings (SSSR count). The Morgan fingerprint density at radius 3 is 2.42 bits per heavy atom. The van der Waals surface area contributed by atoms with Crippen LogP contribution in [-0.4, -0.2) is 19.8 Å². The fourth-order valence-electron chi connectivity index (χ4n) is 1.59. The molecule has 0 amide bonds. The van der Waals surface area contributed by atoms with E-state index in [1.54, 1.807) is 7.11 Å². The number of halogens is 4. The van der Waals surface area contributed by atoms with Gasteiger partial charge in [-0.3, -0.25) is 0 Å². The van der Waals surface area contributed by atoms with Crippen molar-refractivity contribution in [3.05, 3.63) is 28.2 Å². The van der Waals surface area contributed by atoms with Crippen LogP contribution in [0.1, 0.15) is 19.4 Å². The number of alkyl halides is 3. The van der Waals surface area contributed by atoms with E-state index in [-0.39, 0.29) is 12.0 Å². The summed E-state index contributed by atoms with van der Waals surface area (Å²) in [6, 6.07) is 3.50. The maximum atomic E-state index is 12.7. The first-order valence-corrected chi connectivity index (χ1v) is 6.67. The highest BCUT2D eigenvalue weighted by Gasteiger charge is 2.31. The van der Waals surface area contributed by atoms with Crippen LogP contribution in [0.5, 0.6) is 0 Å². The molecule has 1 N–H and O–H groups in total. The smallest absolute Gasteiger partial charge is 0.383 e. The number of ether oxygens (including phenoxy) is 1. The van der Waals surface area contributed by atoms with Crippen LogP contribution in [0.2, 0.25) is 0 Å². The molecule has 0 aromatic heterocycles. The lowest BCUT2D eigenvalue weighted by atomic mass is 10.0. The van der Waals surface area contributed by atoms with E-state index in [1.807, 2.05) is 13.8 Å². The second-order valence-corrected chi connectivity index (χ2v) is 5.50. The molecule has 1 atom stereocenters. The quantitative estimate of drug-likeness (QED) is 0.849. The van der Waals surface area contributed by atoms with E-state index in [0.717, 1.165) is 12.1 Å². The summed E-state index contributed by atoms with van der Waals surface area (Å²) in [4.78, 5) is 0. The van der Waals surface area contributed by atoms with E-state index >= 15 is 0 Å². The highest BCUT2D eigenvalue weighted by Crippen LogP contribution is 2.34. The monoisotopic (exact) mass is 339 g/mol. The first-order chi connectivity index (χ1) is 8.75. The normalized spacial score (nSPS) is 13.7. The number of methoxy groups -OCH3 is 1. The van der Waals surface area contributed by atoms with E-state index in [4.69, 9.17) is 4.74 Å². The first kappa shape index (κ1) is 16.3. The predicted octanol–water partition coefficient (Wildman–Crippen LogP) is 4.55. The molecule has 1 aromatic carbocycles. The zero-order chi connectivity index (χ0) is 14.6. The van der Waals surface area contributed by atoms with E-state index in [2.05, 4.69) is 21.2 Å². The average Bonchev–Trinajstić information content (AvgIpc) is 2.29. The Balaban J connectivity index is 2.99. The summed E-state index contributed by atoms with van der Waals surface area (Å²) in [5.74, 6) is 0.237. The molecule has 108 valence electrons. The molecule has 2 nitrogen and oxygen atoms in total. The van der Waals surface area contributed by atoms with Crippen LogP contribution in [0.4, 0.5) is 18.9 Å². The van der Waals surface area contributed by atoms with Crippen molar-refractivity contribution in [2.75, 3.05) is 19.0 Å². The third kappa shape index (κ3) is 4.69. The van der Waals surface area contributed by atoms with Gasteiger partial charge in [0.1, 0.15) is 0 Å². The third-order valence-electron chi connectivity index (χ3n) is 2.79. The van der Waals surface area contributed by atoms with Gasteiger partial charge in [-0.05, 0) is 40.0 Å². The molecule has 0 saturated carbocycles. The number of hydrogen-bond acceptors (Lipinski definition) is 2. The van der Waals surface area contributed by atoms with Crippen molar-refractivity contribution in [1.29, 1.82) is 0 Å². The summed E-state index contributed by atoms with van der Waals surface area (Å²) in [5.41, 5.74) is -0.247. The van der Waals surface area contributed by atoms with E-state index in [1.165, 1.54) is 6.07 Å². The lowest BCUT2D eigenvalue weighted by Gasteiger charge is -2.24. The minimum absolute atomic E-state index is 0.0511. The van der Waals surface area contributed by atoms with Gasteiger partial charge in [0.15, 0.2) is 0 Å². The van der Waals surface area contributed by atoms with Crippen molar-refractivity contribution in [2.24, 2.45) is 5.92 Å². The second-order valence-electron chi connectivity index (χ2n) is 4.64. The standard InChI is InChI=1S/C13H17BrF3NO/c1-8(2)12(7-19-3)18-11-6-9(13(15,16)17)4-5-10(11)14/h4-6,8,12,18H,7H2,1-3H3. The maximum absolute atomic E-state index is 12.7. The van der Waals surface area contributed by atoms with Gasteiger partial charge in [-0.15, -0.1) is 0 Å². The molecule has 0 aliphatic heterocycles. The third-order valence-corrected chi connectivity index (χ3v) is 3.48. The van der Waals surface area contributed by atoms with Crippen LogP contribution in [0.15, 0.2) is 22.7 Å². The molecule has 0 saturated heterocycles. The average molecular weight is 340 g/mol. The zero-order valence-electron chi connectivity index (χ0n) is 11.0. The van der Waals surface area contributed by atoms with Crippen molar-refractivity contribution in [1.82, 2.24) is 0 Å². The molecule has 6 heteroatoms. The highest BCUT2D eigenvalue weighted by atomic mass is 79.9. The number of nitrogens with one attached hydrogen (secondary N) is 1. The Labute approximate surface area is 119 Å². The minimum Gasteiger partial charge on any atom is -0.383 e. The molecular formula is C13H17BrF3NO. The molecule has 0 spiro atoms. The van der Waals surface area contributed by atoms with Crippen molar-refractivity contribution in [3.8, 4) is 0 Å². The largest absolute Gasteiger partial charge is 0.416 e. The van der Waals surface area contributed by atoms with E-state index in [0.29, 0.717) is 16.8 Å². The SMILES string of the molecule is COCC(Nc1cc(C(F)(F)F)ccc1Br)C(C)C. The summed E-state index contributed by atoms with van der Waals surface area (Å²) in [6.45, 7) is 4.40.